The molecule has 4 aromatic heterocycles. The van der Waals surface area contributed by atoms with Gasteiger partial charge in [-0.3, -0.25) is 4.98 Å². The van der Waals surface area contributed by atoms with Crippen LogP contribution in [0, 0.1) is 0 Å². The molecule has 4 heterocycles. The van der Waals surface area contributed by atoms with Gasteiger partial charge >= 0.3 is 0 Å². The van der Waals surface area contributed by atoms with Crippen LogP contribution in [0.3, 0.4) is 0 Å². The van der Waals surface area contributed by atoms with Crippen molar-refractivity contribution in [2.45, 2.75) is 26.4 Å². The molecule has 0 fully saturated rings. The van der Waals surface area contributed by atoms with Crippen molar-refractivity contribution in [3.8, 4) is 39.4 Å². The molecule has 192 valence electrons. The predicted molar refractivity (Wildman–Crippen MR) is 147 cm³/mol. The van der Waals surface area contributed by atoms with Crippen molar-refractivity contribution < 1.29 is 18.6 Å². The number of ether oxygens (including phenoxy) is 3. The highest BCUT2D eigenvalue weighted by Gasteiger charge is 2.17. The fourth-order valence-electron chi connectivity index (χ4n) is 4.23. The van der Waals surface area contributed by atoms with Crippen molar-refractivity contribution in [3.63, 3.8) is 0 Å². The van der Waals surface area contributed by atoms with E-state index in [0.717, 1.165) is 27.2 Å². The highest BCUT2D eigenvalue weighted by atomic mass is 32.1. The number of nitrogens with zero attached hydrogens (tertiary/aromatic N) is 4. The average molecular weight is 527 g/mol. The molecular weight excluding hydrogens is 500 g/mol. The summed E-state index contributed by atoms with van der Waals surface area (Å²) in [7, 11) is 3.21. The molecule has 0 atom stereocenters. The highest BCUT2D eigenvalue weighted by molar-refractivity contribution is 7.18. The Morgan fingerprint density at radius 3 is 2.63 bits per heavy atom. The van der Waals surface area contributed by atoms with Crippen LogP contribution in [-0.2, 0) is 6.61 Å². The lowest BCUT2D eigenvalue weighted by Crippen LogP contribution is -1.97. The Bertz CT molecular complexity index is 1700. The predicted octanol–water partition coefficient (Wildman–Crippen LogP) is 6.99. The number of rotatable bonds is 8. The second-order valence-corrected chi connectivity index (χ2v) is 10.1. The molecule has 0 radical (unpaired) electrons. The Balaban J connectivity index is 1.27. The van der Waals surface area contributed by atoms with E-state index in [9.17, 15) is 0 Å². The number of hydrogen-bond acceptors (Lipinski definition) is 8. The first-order valence-electron chi connectivity index (χ1n) is 12.2. The Morgan fingerprint density at radius 1 is 1.00 bits per heavy atom. The van der Waals surface area contributed by atoms with E-state index in [1.54, 1.807) is 18.7 Å². The number of pyridine rings is 1. The van der Waals surface area contributed by atoms with Gasteiger partial charge in [0.15, 0.2) is 5.76 Å². The van der Waals surface area contributed by atoms with Crippen molar-refractivity contribution in [3.05, 3.63) is 78.1 Å². The second-order valence-electron chi connectivity index (χ2n) is 9.19. The third-order valence-corrected chi connectivity index (χ3v) is 7.21. The van der Waals surface area contributed by atoms with Crippen LogP contribution in [0.2, 0.25) is 0 Å². The molecular formula is C29H26N4O4S. The van der Waals surface area contributed by atoms with E-state index < -0.39 is 0 Å². The van der Waals surface area contributed by atoms with E-state index in [1.165, 1.54) is 16.9 Å². The van der Waals surface area contributed by atoms with Crippen LogP contribution in [0.5, 0.6) is 16.7 Å². The van der Waals surface area contributed by atoms with E-state index in [0.29, 0.717) is 46.3 Å². The lowest BCUT2D eigenvalue weighted by Gasteiger charge is -2.11. The van der Waals surface area contributed by atoms with Crippen LogP contribution in [-0.4, -0.2) is 33.8 Å². The van der Waals surface area contributed by atoms with Gasteiger partial charge in [0.1, 0.15) is 29.4 Å². The third kappa shape index (κ3) is 4.56. The van der Waals surface area contributed by atoms with E-state index in [2.05, 4.69) is 53.2 Å². The summed E-state index contributed by atoms with van der Waals surface area (Å²) in [6.07, 6.45) is 3.76. The zero-order valence-corrected chi connectivity index (χ0v) is 22.3. The van der Waals surface area contributed by atoms with Crippen LogP contribution in [0.1, 0.15) is 30.9 Å². The van der Waals surface area contributed by atoms with E-state index in [4.69, 9.17) is 18.6 Å². The molecule has 6 rings (SSSR count). The van der Waals surface area contributed by atoms with Crippen LogP contribution in [0.25, 0.3) is 38.6 Å². The molecule has 0 aliphatic heterocycles. The molecule has 0 spiro atoms. The van der Waals surface area contributed by atoms with Crippen molar-refractivity contribution in [1.29, 1.82) is 0 Å². The summed E-state index contributed by atoms with van der Waals surface area (Å²) in [4.78, 5) is 10.0. The van der Waals surface area contributed by atoms with Crippen molar-refractivity contribution >= 4 is 27.3 Å². The second kappa shape index (κ2) is 9.83. The van der Waals surface area contributed by atoms with Gasteiger partial charge < -0.3 is 18.6 Å². The van der Waals surface area contributed by atoms with Gasteiger partial charge in [0.05, 0.1) is 31.5 Å². The molecule has 0 amide bonds. The maximum Gasteiger partial charge on any atom is 0.294 e. The number of aromatic nitrogens is 4. The number of benzene rings is 2. The quantitative estimate of drug-likeness (QED) is 0.211. The van der Waals surface area contributed by atoms with Crippen LogP contribution in [0.15, 0.2) is 71.4 Å². The number of methoxy groups -OCH3 is 2. The SMILES string of the molecule is COc1cc(OCc2cccc(-c3ccc(C(C)C)cn3)c2)c2cc(-c3cn4nc(OC)sc4n3)oc2c1. The Labute approximate surface area is 223 Å². The smallest absolute Gasteiger partial charge is 0.294 e. The molecule has 0 saturated heterocycles. The summed E-state index contributed by atoms with van der Waals surface area (Å²) in [5.41, 5.74) is 5.57. The minimum absolute atomic E-state index is 0.380. The van der Waals surface area contributed by atoms with Gasteiger partial charge in [-0.15, -0.1) is 5.10 Å². The molecule has 38 heavy (non-hydrogen) atoms. The van der Waals surface area contributed by atoms with E-state index in [1.807, 2.05) is 42.7 Å². The summed E-state index contributed by atoms with van der Waals surface area (Å²) in [6, 6.07) is 18.1. The average Bonchev–Trinajstić information content (AvgIpc) is 3.65. The van der Waals surface area contributed by atoms with Gasteiger partial charge in [0, 0.05) is 23.9 Å². The maximum atomic E-state index is 6.30. The fourth-order valence-corrected chi connectivity index (χ4v) is 4.93. The molecule has 0 aliphatic rings. The van der Waals surface area contributed by atoms with E-state index >= 15 is 0 Å². The maximum absolute atomic E-state index is 6.30. The van der Waals surface area contributed by atoms with Gasteiger partial charge in [-0.2, -0.15) is 0 Å². The summed E-state index contributed by atoms with van der Waals surface area (Å²) in [5, 5.41) is 5.73. The molecule has 0 bridgehead atoms. The van der Waals surface area contributed by atoms with E-state index in [-0.39, 0.29) is 0 Å². The lowest BCUT2D eigenvalue weighted by molar-refractivity contribution is 0.307. The number of imidazole rings is 1. The summed E-state index contributed by atoms with van der Waals surface area (Å²) >= 11 is 1.36. The minimum atomic E-state index is 0.380. The molecule has 0 N–H and O–H groups in total. The topological polar surface area (TPSA) is 83.9 Å². The Hall–Kier alpha value is -4.37. The minimum Gasteiger partial charge on any atom is -0.496 e. The lowest BCUT2D eigenvalue weighted by atomic mass is 10.0. The van der Waals surface area contributed by atoms with Crippen molar-refractivity contribution in [2.24, 2.45) is 0 Å². The number of furan rings is 1. The van der Waals surface area contributed by atoms with Crippen molar-refractivity contribution in [1.82, 2.24) is 19.6 Å². The molecule has 2 aromatic carbocycles. The monoisotopic (exact) mass is 526 g/mol. The molecule has 0 unspecified atom stereocenters. The van der Waals surface area contributed by atoms with Gasteiger partial charge in [0.2, 0.25) is 4.96 Å². The van der Waals surface area contributed by atoms with Gasteiger partial charge in [0.25, 0.3) is 5.19 Å². The van der Waals surface area contributed by atoms with Gasteiger partial charge in [-0.05, 0) is 46.6 Å². The van der Waals surface area contributed by atoms with Crippen LogP contribution in [0.4, 0.5) is 0 Å². The molecule has 0 aliphatic carbocycles. The molecule has 0 saturated carbocycles. The Kier molecular flexibility index (Phi) is 6.21. The number of fused-ring (bicyclic) bond motifs is 2. The van der Waals surface area contributed by atoms with Gasteiger partial charge in [-0.1, -0.05) is 38.1 Å². The fraction of sp³-hybridized carbons (Fsp3) is 0.207. The van der Waals surface area contributed by atoms with Crippen molar-refractivity contribution in [2.75, 3.05) is 14.2 Å². The van der Waals surface area contributed by atoms with Gasteiger partial charge in [-0.25, -0.2) is 9.50 Å². The Morgan fingerprint density at radius 2 is 1.89 bits per heavy atom. The molecule has 8 nitrogen and oxygen atoms in total. The highest BCUT2D eigenvalue weighted by Crippen LogP contribution is 2.37. The summed E-state index contributed by atoms with van der Waals surface area (Å²) < 4.78 is 24.8. The standard InChI is InChI=1S/C29H26N4O4S/c1-17(2)20-8-9-23(30-14-20)19-7-5-6-18(10-19)16-36-25-11-21(34-3)12-26-22(25)13-27(37-26)24-15-33-28(31-24)38-29(32-33)35-4/h5-15,17H,16H2,1-4H3. The summed E-state index contributed by atoms with van der Waals surface area (Å²) in [6.45, 7) is 4.71. The van der Waals surface area contributed by atoms with Crippen LogP contribution >= 0.6 is 11.3 Å². The largest absolute Gasteiger partial charge is 0.496 e. The third-order valence-electron chi connectivity index (χ3n) is 6.33. The zero-order valence-electron chi connectivity index (χ0n) is 21.5. The molecule has 6 aromatic rings. The first-order chi connectivity index (χ1) is 18.5. The summed E-state index contributed by atoms with van der Waals surface area (Å²) in [5.74, 6) is 2.38. The first kappa shape index (κ1) is 24.0. The normalized spacial score (nSPS) is 11.5. The first-order valence-corrected chi connectivity index (χ1v) is 13.0. The zero-order chi connectivity index (χ0) is 26.2. The number of hydrogen-bond donors (Lipinski definition) is 0. The van der Waals surface area contributed by atoms with Crippen LogP contribution < -0.4 is 14.2 Å². The molecule has 9 heteroatoms.